The van der Waals surface area contributed by atoms with E-state index in [9.17, 15) is 4.39 Å². The van der Waals surface area contributed by atoms with Gasteiger partial charge in [-0.15, -0.1) is 0 Å². The fraction of sp³-hybridized carbons (Fsp3) is 0.368. The molecule has 122 valence electrons. The van der Waals surface area contributed by atoms with Crippen LogP contribution in [-0.2, 0) is 6.61 Å². The molecule has 1 aliphatic heterocycles. The number of rotatable bonds is 6. The van der Waals surface area contributed by atoms with Crippen LogP contribution in [0.3, 0.4) is 0 Å². The van der Waals surface area contributed by atoms with Crippen molar-refractivity contribution in [2.24, 2.45) is 0 Å². The van der Waals surface area contributed by atoms with Crippen LogP contribution in [0.25, 0.3) is 0 Å². The lowest BCUT2D eigenvalue weighted by atomic mass is 10.2. The molecule has 0 aromatic heterocycles. The van der Waals surface area contributed by atoms with E-state index >= 15 is 0 Å². The predicted octanol–water partition coefficient (Wildman–Crippen LogP) is 4.23. The summed E-state index contributed by atoms with van der Waals surface area (Å²) >= 11 is 0. The molecule has 3 nitrogen and oxygen atoms in total. The minimum atomic E-state index is -0.242. The standard InChI is InChI=1S/C19H22FNO2/c1-2-21-13-5-8-19(21)23-17-11-9-16(10-12-17)22-14-15-6-3-4-7-18(15)20/h3-4,6-7,9-12,19H,2,5,8,13-14H2,1H3. The zero-order valence-electron chi connectivity index (χ0n) is 13.4. The van der Waals surface area contributed by atoms with Crippen molar-refractivity contribution in [3.63, 3.8) is 0 Å². The van der Waals surface area contributed by atoms with Crippen molar-refractivity contribution in [2.45, 2.75) is 32.6 Å². The van der Waals surface area contributed by atoms with Gasteiger partial charge in [0, 0.05) is 12.1 Å². The third kappa shape index (κ3) is 4.02. The van der Waals surface area contributed by atoms with E-state index < -0.39 is 0 Å². The average Bonchev–Trinajstić information content (AvgIpc) is 3.02. The summed E-state index contributed by atoms with van der Waals surface area (Å²) in [5.41, 5.74) is 0.553. The van der Waals surface area contributed by atoms with E-state index in [2.05, 4.69) is 11.8 Å². The molecule has 1 fully saturated rings. The summed E-state index contributed by atoms with van der Waals surface area (Å²) in [4.78, 5) is 2.34. The summed E-state index contributed by atoms with van der Waals surface area (Å²) < 4.78 is 25.2. The van der Waals surface area contributed by atoms with E-state index in [4.69, 9.17) is 9.47 Å². The summed E-state index contributed by atoms with van der Waals surface area (Å²) in [5, 5.41) is 0. The summed E-state index contributed by atoms with van der Waals surface area (Å²) in [7, 11) is 0. The van der Waals surface area contributed by atoms with Gasteiger partial charge in [0.1, 0.15) is 23.9 Å². The fourth-order valence-corrected chi connectivity index (χ4v) is 2.84. The normalized spacial score (nSPS) is 18.1. The van der Waals surface area contributed by atoms with E-state index in [1.165, 1.54) is 12.5 Å². The first-order valence-corrected chi connectivity index (χ1v) is 8.13. The molecule has 0 aliphatic carbocycles. The molecule has 2 aromatic rings. The molecule has 23 heavy (non-hydrogen) atoms. The van der Waals surface area contributed by atoms with E-state index in [1.807, 2.05) is 24.3 Å². The maximum absolute atomic E-state index is 13.5. The number of hydrogen-bond donors (Lipinski definition) is 0. The molecule has 3 rings (SSSR count). The van der Waals surface area contributed by atoms with Gasteiger partial charge in [-0.1, -0.05) is 25.1 Å². The summed E-state index contributed by atoms with van der Waals surface area (Å²) in [6, 6.07) is 14.2. The van der Waals surface area contributed by atoms with E-state index in [1.54, 1.807) is 18.2 Å². The zero-order chi connectivity index (χ0) is 16.1. The quantitative estimate of drug-likeness (QED) is 0.796. The summed E-state index contributed by atoms with van der Waals surface area (Å²) in [6.45, 7) is 4.49. The van der Waals surface area contributed by atoms with Crippen molar-refractivity contribution in [3.05, 3.63) is 59.9 Å². The highest BCUT2D eigenvalue weighted by Crippen LogP contribution is 2.24. The molecule has 2 aromatic carbocycles. The van der Waals surface area contributed by atoms with Crippen molar-refractivity contribution in [2.75, 3.05) is 13.1 Å². The Morgan fingerprint density at radius 3 is 2.57 bits per heavy atom. The molecule has 0 bridgehead atoms. The number of likely N-dealkylation sites (tertiary alicyclic amines) is 1. The Hall–Kier alpha value is -2.07. The van der Waals surface area contributed by atoms with Crippen molar-refractivity contribution in [3.8, 4) is 11.5 Å². The zero-order valence-corrected chi connectivity index (χ0v) is 13.4. The Balaban J connectivity index is 1.56. The van der Waals surface area contributed by atoms with E-state index in [0.29, 0.717) is 11.3 Å². The van der Waals surface area contributed by atoms with Crippen LogP contribution in [0.4, 0.5) is 4.39 Å². The molecule has 0 radical (unpaired) electrons. The lowest BCUT2D eigenvalue weighted by Crippen LogP contribution is -2.33. The maximum atomic E-state index is 13.5. The Labute approximate surface area is 136 Å². The van der Waals surface area contributed by atoms with Gasteiger partial charge in [-0.2, -0.15) is 0 Å². The van der Waals surface area contributed by atoms with Crippen LogP contribution in [0, 0.1) is 5.82 Å². The lowest BCUT2D eigenvalue weighted by Gasteiger charge is -2.23. The van der Waals surface area contributed by atoms with Crippen molar-refractivity contribution in [1.82, 2.24) is 4.90 Å². The first-order chi connectivity index (χ1) is 11.3. The first kappa shape index (κ1) is 15.8. The Kier molecular flexibility index (Phi) is 5.13. The minimum Gasteiger partial charge on any atom is -0.489 e. The van der Waals surface area contributed by atoms with Gasteiger partial charge in [-0.3, -0.25) is 4.90 Å². The predicted molar refractivity (Wildman–Crippen MR) is 88.1 cm³/mol. The van der Waals surface area contributed by atoms with Crippen LogP contribution in [0.1, 0.15) is 25.3 Å². The van der Waals surface area contributed by atoms with Crippen LogP contribution >= 0.6 is 0 Å². The third-order valence-corrected chi connectivity index (χ3v) is 4.16. The SMILES string of the molecule is CCN1CCCC1Oc1ccc(OCc2ccccc2F)cc1. The fourth-order valence-electron chi connectivity index (χ4n) is 2.84. The molecular formula is C19H22FNO2. The largest absolute Gasteiger partial charge is 0.489 e. The molecule has 1 atom stereocenters. The molecule has 0 amide bonds. The number of benzene rings is 2. The Morgan fingerprint density at radius 1 is 1.09 bits per heavy atom. The second-order valence-electron chi connectivity index (χ2n) is 5.69. The van der Waals surface area contributed by atoms with Crippen LogP contribution < -0.4 is 9.47 Å². The lowest BCUT2D eigenvalue weighted by molar-refractivity contribution is 0.0649. The highest BCUT2D eigenvalue weighted by molar-refractivity contribution is 5.31. The van der Waals surface area contributed by atoms with Gasteiger partial charge in [0.05, 0.1) is 0 Å². The van der Waals surface area contributed by atoms with Gasteiger partial charge in [-0.25, -0.2) is 4.39 Å². The molecule has 0 spiro atoms. The first-order valence-electron chi connectivity index (χ1n) is 8.13. The minimum absolute atomic E-state index is 0.171. The molecule has 0 N–H and O–H groups in total. The van der Waals surface area contributed by atoms with Gasteiger partial charge < -0.3 is 9.47 Å². The van der Waals surface area contributed by atoms with Crippen molar-refractivity contribution >= 4 is 0 Å². The average molecular weight is 315 g/mol. The number of ether oxygens (including phenoxy) is 2. The summed E-state index contributed by atoms with van der Waals surface area (Å²) in [5.74, 6) is 1.31. The number of hydrogen-bond acceptors (Lipinski definition) is 3. The van der Waals surface area contributed by atoms with Crippen molar-refractivity contribution in [1.29, 1.82) is 0 Å². The van der Waals surface area contributed by atoms with Crippen LogP contribution in [0.5, 0.6) is 11.5 Å². The van der Waals surface area contributed by atoms with Crippen molar-refractivity contribution < 1.29 is 13.9 Å². The molecule has 1 aliphatic rings. The number of halogens is 1. The Bertz CT molecular complexity index is 630. The second-order valence-corrected chi connectivity index (χ2v) is 5.69. The molecule has 1 saturated heterocycles. The van der Waals surface area contributed by atoms with Gasteiger partial charge in [0.25, 0.3) is 0 Å². The van der Waals surface area contributed by atoms with E-state index in [-0.39, 0.29) is 18.7 Å². The van der Waals surface area contributed by atoms with Crippen LogP contribution in [-0.4, -0.2) is 24.2 Å². The molecular weight excluding hydrogens is 293 g/mol. The van der Waals surface area contributed by atoms with Crippen LogP contribution in [0.2, 0.25) is 0 Å². The van der Waals surface area contributed by atoms with Crippen LogP contribution in [0.15, 0.2) is 48.5 Å². The maximum Gasteiger partial charge on any atom is 0.152 e. The van der Waals surface area contributed by atoms with Gasteiger partial charge >= 0.3 is 0 Å². The van der Waals surface area contributed by atoms with E-state index in [0.717, 1.165) is 25.3 Å². The highest BCUT2D eigenvalue weighted by atomic mass is 19.1. The molecule has 0 saturated carbocycles. The smallest absolute Gasteiger partial charge is 0.152 e. The summed E-state index contributed by atoms with van der Waals surface area (Å²) in [6.07, 6.45) is 2.42. The topological polar surface area (TPSA) is 21.7 Å². The highest BCUT2D eigenvalue weighted by Gasteiger charge is 2.24. The van der Waals surface area contributed by atoms with Gasteiger partial charge in [-0.05, 0) is 49.7 Å². The van der Waals surface area contributed by atoms with Gasteiger partial charge in [0.15, 0.2) is 6.23 Å². The monoisotopic (exact) mass is 315 g/mol. The third-order valence-electron chi connectivity index (χ3n) is 4.16. The Morgan fingerprint density at radius 2 is 1.83 bits per heavy atom. The second kappa shape index (κ2) is 7.47. The number of nitrogens with zero attached hydrogens (tertiary/aromatic N) is 1. The van der Waals surface area contributed by atoms with Gasteiger partial charge in [0.2, 0.25) is 0 Å². The molecule has 1 heterocycles. The molecule has 1 unspecified atom stereocenters. The molecule has 4 heteroatoms.